The van der Waals surface area contributed by atoms with Crippen LogP contribution >= 0.6 is 0 Å². The molecule has 0 saturated heterocycles. The van der Waals surface area contributed by atoms with Crippen LogP contribution in [0.2, 0.25) is 0 Å². The minimum Gasteiger partial charge on any atom is -0.115 e. The molecule has 0 aliphatic carbocycles. The average Bonchev–Trinajstić information content (AvgIpc) is 2.04. The molecule has 1 aromatic carbocycles. The van der Waals surface area contributed by atoms with Crippen molar-refractivity contribution < 1.29 is 0 Å². The molecule has 0 N–H and O–H groups in total. The second-order valence-electron chi connectivity index (χ2n) is 2.39. The number of terminal acetylenes is 1. The summed E-state index contributed by atoms with van der Waals surface area (Å²) in [5.41, 5.74) is 3.11. The fraction of sp³-hybridized carbons (Fsp3) is 0.0909. The Bertz CT molecular complexity index is 313. The van der Waals surface area contributed by atoms with Crippen LogP contribution in [0.5, 0.6) is 0 Å². The van der Waals surface area contributed by atoms with E-state index in [4.69, 9.17) is 6.42 Å². The number of aryl methyl sites for hydroxylation is 1. The predicted octanol–water partition coefficient (Wildman–Crippen LogP) is 2.62. The lowest BCUT2D eigenvalue weighted by Gasteiger charge is -2.01. The molecule has 0 nitrogen and oxygen atoms in total. The van der Waals surface area contributed by atoms with Crippen LogP contribution in [0.4, 0.5) is 0 Å². The summed E-state index contributed by atoms with van der Waals surface area (Å²) in [5.74, 6) is 2.64. The third-order valence-corrected chi connectivity index (χ3v) is 1.67. The molecule has 1 aromatic rings. The molecule has 0 saturated carbocycles. The molecule has 0 aliphatic heterocycles. The summed E-state index contributed by atoms with van der Waals surface area (Å²) in [6.07, 6.45) is 7.11. The summed E-state index contributed by atoms with van der Waals surface area (Å²) in [6, 6.07) is 5.95. The van der Waals surface area contributed by atoms with E-state index in [1.807, 2.05) is 25.1 Å². The first-order chi connectivity index (χ1) is 5.29. The van der Waals surface area contributed by atoms with Crippen molar-refractivity contribution in [3.8, 4) is 12.3 Å². The molecule has 0 fully saturated rings. The third-order valence-electron chi connectivity index (χ3n) is 1.67. The Hall–Kier alpha value is -1.48. The second kappa shape index (κ2) is 3.07. The number of benzene rings is 1. The molecular weight excluding hydrogens is 132 g/mol. The molecular formula is C11H10. The molecule has 1 rings (SSSR count). The largest absolute Gasteiger partial charge is 0.115 e. The Morgan fingerprint density at radius 1 is 1.55 bits per heavy atom. The summed E-state index contributed by atoms with van der Waals surface area (Å²) in [6.45, 7) is 5.69. The normalized spacial score (nSPS) is 8.73. The molecule has 54 valence electrons. The first kappa shape index (κ1) is 7.63. The van der Waals surface area contributed by atoms with Gasteiger partial charge < -0.3 is 0 Å². The van der Waals surface area contributed by atoms with E-state index in [-0.39, 0.29) is 0 Å². The molecule has 0 atom stereocenters. The van der Waals surface area contributed by atoms with Crippen molar-refractivity contribution >= 4 is 6.08 Å². The van der Waals surface area contributed by atoms with E-state index in [0.29, 0.717) is 0 Å². The lowest BCUT2D eigenvalue weighted by molar-refractivity contribution is 1.42. The van der Waals surface area contributed by atoms with E-state index < -0.39 is 0 Å². The van der Waals surface area contributed by atoms with Gasteiger partial charge in [0.25, 0.3) is 0 Å². The molecule has 0 bridgehead atoms. The lowest BCUT2D eigenvalue weighted by atomic mass is 10.0. The van der Waals surface area contributed by atoms with E-state index in [2.05, 4.69) is 12.5 Å². The molecule has 0 amide bonds. The van der Waals surface area contributed by atoms with Gasteiger partial charge in [0.2, 0.25) is 0 Å². The Balaban J connectivity index is 3.38. The summed E-state index contributed by atoms with van der Waals surface area (Å²) >= 11 is 0. The highest BCUT2D eigenvalue weighted by Gasteiger charge is 1.97. The van der Waals surface area contributed by atoms with Gasteiger partial charge in [-0.1, -0.05) is 36.8 Å². The Labute approximate surface area is 67.6 Å². The van der Waals surface area contributed by atoms with Gasteiger partial charge in [0.15, 0.2) is 0 Å². The van der Waals surface area contributed by atoms with E-state index in [9.17, 15) is 0 Å². The van der Waals surface area contributed by atoms with Gasteiger partial charge in [0.1, 0.15) is 0 Å². The van der Waals surface area contributed by atoms with Crippen LogP contribution in [0.1, 0.15) is 16.7 Å². The van der Waals surface area contributed by atoms with Gasteiger partial charge in [0, 0.05) is 5.56 Å². The summed E-state index contributed by atoms with van der Waals surface area (Å²) < 4.78 is 0. The van der Waals surface area contributed by atoms with Crippen LogP contribution in [0.25, 0.3) is 6.08 Å². The number of rotatable bonds is 1. The summed E-state index contributed by atoms with van der Waals surface area (Å²) in [7, 11) is 0. The van der Waals surface area contributed by atoms with Crippen molar-refractivity contribution in [3.05, 3.63) is 41.5 Å². The molecule has 0 heterocycles. The summed E-state index contributed by atoms with van der Waals surface area (Å²) in [5, 5.41) is 0. The van der Waals surface area contributed by atoms with Crippen molar-refractivity contribution in [2.75, 3.05) is 0 Å². The third kappa shape index (κ3) is 1.33. The van der Waals surface area contributed by atoms with Crippen molar-refractivity contribution in [2.45, 2.75) is 6.92 Å². The molecule has 0 unspecified atom stereocenters. The maximum atomic E-state index is 5.33. The highest BCUT2D eigenvalue weighted by atomic mass is 14.0. The van der Waals surface area contributed by atoms with Crippen molar-refractivity contribution in [1.29, 1.82) is 0 Å². The highest BCUT2D eigenvalue weighted by molar-refractivity contribution is 5.59. The van der Waals surface area contributed by atoms with Gasteiger partial charge in [0.05, 0.1) is 0 Å². The molecule has 0 spiro atoms. The highest BCUT2D eigenvalue weighted by Crippen LogP contribution is 2.13. The fourth-order valence-corrected chi connectivity index (χ4v) is 1.06. The summed E-state index contributed by atoms with van der Waals surface area (Å²) in [4.78, 5) is 0. The first-order valence-corrected chi connectivity index (χ1v) is 3.48. The number of hydrogen-bond donors (Lipinski definition) is 0. The van der Waals surface area contributed by atoms with Crippen molar-refractivity contribution in [2.24, 2.45) is 0 Å². The van der Waals surface area contributed by atoms with Gasteiger partial charge in [-0.3, -0.25) is 0 Å². The van der Waals surface area contributed by atoms with Crippen molar-refractivity contribution in [1.82, 2.24) is 0 Å². The van der Waals surface area contributed by atoms with Gasteiger partial charge >= 0.3 is 0 Å². The monoisotopic (exact) mass is 142 g/mol. The van der Waals surface area contributed by atoms with E-state index in [0.717, 1.165) is 16.7 Å². The van der Waals surface area contributed by atoms with E-state index in [1.165, 1.54) is 0 Å². The van der Waals surface area contributed by atoms with Gasteiger partial charge in [-0.25, -0.2) is 0 Å². The topological polar surface area (TPSA) is 0 Å². The zero-order chi connectivity index (χ0) is 8.27. The van der Waals surface area contributed by atoms with Gasteiger partial charge in [-0.15, -0.1) is 6.42 Å². The minimum absolute atomic E-state index is 0.947. The van der Waals surface area contributed by atoms with E-state index in [1.54, 1.807) is 6.08 Å². The van der Waals surface area contributed by atoms with Gasteiger partial charge in [-0.05, 0) is 18.1 Å². The molecule has 0 aliphatic rings. The lowest BCUT2D eigenvalue weighted by Crippen LogP contribution is -1.85. The molecule has 0 radical (unpaired) electrons. The van der Waals surface area contributed by atoms with Crippen LogP contribution in [0.15, 0.2) is 24.8 Å². The predicted molar refractivity (Wildman–Crippen MR) is 49.2 cm³/mol. The molecule has 0 heteroatoms. The zero-order valence-corrected chi connectivity index (χ0v) is 6.59. The number of hydrogen-bond acceptors (Lipinski definition) is 0. The smallest absolute Gasteiger partial charge is 0.0344 e. The average molecular weight is 142 g/mol. The maximum Gasteiger partial charge on any atom is 0.0344 e. The fourth-order valence-electron chi connectivity index (χ4n) is 1.06. The van der Waals surface area contributed by atoms with Crippen LogP contribution in [0, 0.1) is 19.3 Å². The zero-order valence-electron chi connectivity index (χ0n) is 6.59. The Morgan fingerprint density at radius 3 is 2.73 bits per heavy atom. The Kier molecular flexibility index (Phi) is 2.13. The van der Waals surface area contributed by atoms with Crippen LogP contribution < -0.4 is 0 Å². The second-order valence-corrected chi connectivity index (χ2v) is 2.39. The van der Waals surface area contributed by atoms with Crippen LogP contribution in [0.3, 0.4) is 0 Å². The minimum atomic E-state index is 0.947. The standard InChI is InChI=1S/C11H10/c1-4-10-8-6-7-9(3)11(10)5-2/h2,4,6-8H,1H2,3H3. The van der Waals surface area contributed by atoms with Gasteiger partial charge in [-0.2, -0.15) is 0 Å². The van der Waals surface area contributed by atoms with Crippen LogP contribution in [-0.2, 0) is 0 Å². The molecule has 0 aromatic heterocycles. The Morgan fingerprint density at radius 2 is 2.27 bits per heavy atom. The van der Waals surface area contributed by atoms with Crippen molar-refractivity contribution in [3.63, 3.8) is 0 Å². The van der Waals surface area contributed by atoms with E-state index >= 15 is 0 Å². The molecule has 11 heavy (non-hydrogen) atoms. The van der Waals surface area contributed by atoms with Crippen LogP contribution in [-0.4, -0.2) is 0 Å². The first-order valence-electron chi connectivity index (χ1n) is 3.48. The SMILES string of the molecule is C#Cc1c(C)cccc1C=C. The quantitative estimate of drug-likeness (QED) is 0.529. The maximum absolute atomic E-state index is 5.33.